The number of aliphatic imine (C=N–C) groups is 1. The van der Waals surface area contributed by atoms with Crippen LogP contribution in [0, 0.1) is 0 Å². The van der Waals surface area contributed by atoms with E-state index in [2.05, 4.69) is 4.99 Å². The third-order valence-corrected chi connectivity index (χ3v) is 2.63. The Labute approximate surface area is 73.0 Å². The Bertz CT molecular complexity index is 203. The number of rotatable bonds is 2. The molecule has 1 aliphatic heterocycles. The first-order chi connectivity index (χ1) is 5.71. The molecule has 1 saturated carbocycles. The lowest BCUT2D eigenvalue weighted by Crippen LogP contribution is -2.40. The van der Waals surface area contributed by atoms with E-state index >= 15 is 0 Å². The molecule has 0 spiro atoms. The van der Waals surface area contributed by atoms with Gasteiger partial charge in [-0.3, -0.25) is 4.99 Å². The second kappa shape index (κ2) is 2.73. The molecule has 0 aromatic heterocycles. The van der Waals surface area contributed by atoms with Crippen LogP contribution < -0.4 is 5.73 Å². The summed E-state index contributed by atoms with van der Waals surface area (Å²) in [6, 6.07) is 0.506. The molecule has 2 aliphatic rings. The third-order valence-electron chi connectivity index (χ3n) is 2.63. The van der Waals surface area contributed by atoms with Gasteiger partial charge in [-0.15, -0.1) is 0 Å². The van der Waals surface area contributed by atoms with Gasteiger partial charge in [-0.25, -0.2) is 0 Å². The van der Waals surface area contributed by atoms with Gasteiger partial charge in [0.2, 0.25) is 0 Å². The summed E-state index contributed by atoms with van der Waals surface area (Å²) in [5.41, 5.74) is 5.63. The molecule has 0 radical (unpaired) electrons. The van der Waals surface area contributed by atoms with Crippen molar-refractivity contribution in [3.05, 3.63) is 0 Å². The summed E-state index contributed by atoms with van der Waals surface area (Å²) in [6.45, 7) is 2.87. The highest BCUT2D eigenvalue weighted by atomic mass is 16.5. The van der Waals surface area contributed by atoms with Crippen molar-refractivity contribution in [2.75, 3.05) is 6.61 Å². The van der Waals surface area contributed by atoms with Crippen molar-refractivity contribution < 1.29 is 4.74 Å². The molecule has 0 aromatic rings. The zero-order valence-corrected chi connectivity index (χ0v) is 7.55. The maximum absolute atomic E-state index is 5.88. The molecule has 0 bridgehead atoms. The van der Waals surface area contributed by atoms with Crippen molar-refractivity contribution in [1.29, 1.82) is 0 Å². The molecule has 1 unspecified atom stereocenters. The van der Waals surface area contributed by atoms with E-state index in [0.717, 1.165) is 19.4 Å². The van der Waals surface area contributed by atoms with Crippen molar-refractivity contribution in [1.82, 2.24) is 0 Å². The molecule has 1 aliphatic carbocycles. The summed E-state index contributed by atoms with van der Waals surface area (Å²) in [6.07, 6.45) is 4.54. The zero-order valence-electron chi connectivity index (χ0n) is 7.55. The topological polar surface area (TPSA) is 47.6 Å². The highest BCUT2D eigenvalue weighted by molar-refractivity contribution is 5.89. The van der Waals surface area contributed by atoms with E-state index in [1.165, 1.54) is 12.8 Å². The largest absolute Gasteiger partial charge is 0.385 e. The Morgan fingerprint density at radius 2 is 2.33 bits per heavy atom. The molecule has 0 aromatic carbocycles. The second-order valence-corrected chi connectivity index (χ2v) is 3.93. The quantitative estimate of drug-likeness (QED) is 0.495. The van der Waals surface area contributed by atoms with E-state index in [4.69, 9.17) is 10.5 Å². The van der Waals surface area contributed by atoms with E-state index in [0.29, 0.717) is 11.9 Å². The summed E-state index contributed by atoms with van der Waals surface area (Å²) in [4.78, 5) is 4.41. The smallest absolute Gasteiger partial charge is 0.126 e. The second-order valence-electron chi connectivity index (χ2n) is 3.93. The molecule has 2 fully saturated rings. The molecule has 2 N–H and O–H groups in total. The van der Waals surface area contributed by atoms with Crippen molar-refractivity contribution in [2.45, 2.75) is 44.2 Å². The standard InChI is InChI=1S/C9H16N2O/c1-9(5-2-6-12-9)8(10)11-7-3-4-7/h7H,2-6H2,1H3,(H2,10,11). The molecule has 68 valence electrons. The summed E-state index contributed by atoms with van der Waals surface area (Å²) in [5.74, 6) is 0.711. The van der Waals surface area contributed by atoms with Crippen LogP contribution in [0.3, 0.4) is 0 Å². The number of amidine groups is 1. The number of hydrogen-bond acceptors (Lipinski definition) is 2. The van der Waals surface area contributed by atoms with Crippen molar-refractivity contribution in [2.24, 2.45) is 10.7 Å². The van der Waals surface area contributed by atoms with E-state index in [1.54, 1.807) is 0 Å². The van der Waals surface area contributed by atoms with Gasteiger partial charge in [-0.05, 0) is 32.6 Å². The fraction of sp³-hybridized carbons (Fsp3) is 0.889. The Balaban J connectivity index is 2.04. The molecule has 2 rings (SSSR count). The third kappa shape index (κ3) is 1.46. The van der Waals surface area contributed by atoms with Gasteiger partial charge in [0.25, 0.3) is 0 Å². The fourth-order valence-electron chi connectivity index (χ4n) is 1.52. The lowest BCUT2D eigenvalue weighted by molar-refractivity contribution is 0.0764. The molecular formula is C9H16N2O. The monoisotopic (exact) mass is 168 g/mol. The molecular weight excluding hydrogens is 152 g/mol. The van der Waals surface area contributed by atoms with Gasteiger partial charge in [0, 0.05) is 6.61 Å². The SMILES string of the molecule is CC1(C(N)=NC2CC2)CCCO1. The van der Waals surface area contributed by atoms with E-state index in [1.807, 2.05) is 6.92 Å². The summed E-state index contributed by atoms with van der Waals surface area (Å²) in [5, 5.41) is 0. The Morgan fingerprint density at radius 3 is 2.83 bits per heavy atom. The van der Waals surface area contributed by atoms with Crippen molar-refractivity contribution in [3.8, 4) is 0 Å². The highest BCUT2D eigenvalue weighted by Gasteiger charge is 2.35. The van der Waals surface area contributed by atoms with Gasteiger partial charge in [0.1, 0.15) is 11.4 Å². The highest BCUT2D eigenvalue weighted by Crippen LogP contribution is 2.29. The maximum atomic E-state index is 5.88. The molecule has 3 nitrogen and oxygen atoms in total. The average molecular weight is 168 g/mol. The van der Waals surface area contributed by atoms with Gasteiger partial charge < -0.3 is 10.5 Å². The molecule has 3 heteroatoms. The predicted molar refractivity (Wildman–Crippen MR) is 48.2 cm³/mol. The molecule has 1 atom stereocenters. The van der Waals surface area contributed by atoms with E-state index < -0.39 is 0 Å². The molecule has 1 saturated heterocycles. The Hall–Kier alpha value is -0.570. The van der Waals surface area contributed by atoms with Crippen molar-refractivity contribution >= 4 is 5.84 Å². The lowest BCUT2D eigenvalue weighted by Gasteiger charge is -2.22. The van der Waals surface area contributed by atoms with Crippen LogP contribution in [0.1, 0.15) is 32.6 Å². The zero-order chi connectivity index (χ0) is 8.60. The van der Waals surface area contributed by atoms with Crippen LogP contribution in [0.4, 0.5) is 0 Å². The van der Waals surface area contributed by atoms with Crippen LogP contribution in [0.2, 0.25) is 0 Å². The first kappa shape index (κ1) is 8.05. The minimum absolute atomic E-state index is 0.247. The number of ether oxygens (including phenoxy) is 1. The van der Waals surface area contributed by atoms with Crippen LogP contribution in [0.5, 0.6) is 0 Å². The van der Waals surface area contributed by atoms with Crippen LogP contribution in [0.15, 0.2) is 4.99 Å². The number of nitrogens with zero attached hydrogens (tertiary/aromatic N) is 1. The van der Waals surface area contributed by atoms with Gasteiger partial charge >= 0.3 is 0 Å². The van der Waals surface area contributed by atoms with Crippen molar-refractivity contribution in [3.63, 3.8) is 0 Å². The maximum Gasteiger partial charge on any atom is 0.126 e. The average Bonchev–Trinajstić information content (AvgIpc) is 2.73. The number of nitrogens with two attached hydrogens (primary N) is 1. The first-order valence-electron chi connectivity index (χ1n) is 4.68. The first-order valence-corrected chi connectivity index (χ1v) is 4.68. The molecule has 0 amide bonds. The van der Waals surface area contributed by atoms with Crippen LogP contribution in [-0.4, -0.2) is 24.1 Å². The van der Waals surface area contributed by atoms with Gasteiger partial charge in [-0.2, -0.15) is 0 Å². The van der Waals surface area contributed by atoms with Crippen LogP contribution in [0.25, 0.3) is 0 Å². The number of hydrogen-bond donors (Lipinski definition) is 1. The molecule has 1 heterocycles. The minimum Gasteiger partial charge on any atom is -0.385 e. The van der Waals surface area contributed by atoms with Crippen LogP contribution in [-0.2, 0) is 4.74 Å². The van der Waals surface area contributed by atoms with E-state index in [-0.39, 0.29) is 5.60 Å². The normalized spacial score (nSPS) is 37.2. The van der Waals surface area contributed by atoms with Gasteiger partial charge in [0.05, 0.1) is 6.04 Å². The van der Waals surface area contributed by atoms with Crippen LogP contribution >= 0.6 is 0 Å². The Kier molecular flexibility index (Phi) is 1.83. The predicted octanol–water partition coefficient (Wildman–Crippen LogP) is 1.08. The molecule has 12 heavy (non-hydrogen) atoms. The summed E-state index contributed by atoms with van der Waals surface area (Å²) < 4.78 is 5.58. The van der Waals surface area contributed by atoms with Gasteiger partial charge in [-0.1, -0.05) is 0 Å². The Morgan fingerprint density at radius 1 is 1.58 bits per heavy atom. The minimum atomic E-state index is -0.247. The van der Waals surface area contributed by atoms with E-state index in [9.17, 15) is 0 Å². The summed E-state index contributed by atoms with van der Waals surface area (Å²) in [7, 11) is 0. The fourth-order valence-corrected chi connectivity index (χ4v) is 1.52. The van der Waals surface area contributed by atoms with Gasteiger partial charge in [0.15, 0.2) is 0 Å². The lowest BCUT2D eigenvalue weighted by atomic mass is 10.0. The summed E-state index contributed by atoms with van der Waals surface area (Å²) >= 11 is 0.